The fourth-order valence-corrected chi connectivity index (χ4v) is 2.23. The summed E-state index contributed by atoms with van der Waals surface area (Å²) in [6, 6.07) is 7.76. The number of rotatable bonds is 3. The summed E-state index contributed by atoms with van der Waals surface area (Å²) in [4.78, 5) is 14.4. The minimum absolute atomic E-state index is 0.000370. The number of nitrogens with zero attached hydrogens (tertiary/aromatic N) is 1. The van der Waals surface area contributed by atoms with E-state index in [9.17, 15) is 4.79 Å². The fourth-order valence-electron chi connectivity index (χ4n) is 2.23. The van der Waals surface area contributed by atoms with Gasteiger partial charge in [-0.2, -0.15) is 0 Å². The summed E-state index contributed by atoms with van der Waals surface area (Å²) in [5.41, 5.74) is 3.55. The van der Waals surface area contributed by atoms with E-state index in [4.69, 9.17) is 0 Å². The number of para-hydroxylation sites is 1. The molecule has 0 spiro atoms. The largest absolute Gasteiger partial charge is 0.311 e. The smallest absolute Gasteiger partial charge is 0.258 e. The average molecular weight is 265 g/mol. The topological polar surface area (TPSA) is 20.3 Å². The van der Waals surface area contributed by atoms with Crippen molar-refractivity contribution in [2.75, 3.05) is 11.9 Å². The molecular weight excluding hydrogens is 246 g/mol. The molecule has 0 unspecified atom stereocenters. The van der Waals surface area contributed by atoms with Gasteiger partial charge in [0.05, 0.1) is 5.69 Å². The van der Waals surface area contributed by atoms with E-state index >= 15 is 0 Å². The molecule has 20 heavy (non-hydrogen) atoms. The molecule has 0 N–H and O–H groups in total. The first-order valence-electron chi connectivity index (χ1n) is 6.68. The van der Waals surface area contributed by atoms with Crippen molar-refractivity contribution in [3.05, 3.63) is 71.9 Å². The maximum atomic E-state index is 12.7. The molecule has 0 radical (unpaired) electrons. The fraction of sp³-hybridized carbons (Fsp3) is 0.167. The van der Waals surface area contributed by atoms with E-state index in [0.717, 1.165) is 28.8 Å². The van der Waals surface area contributed by atoms with Crippen LogP contribution in [0.15, 0.2) is 66.3 Å². The summed E-state index contributed by atoms with van der Waals surface area (Å²) < 4.78 is 0. The van der Waals surface area contributed by atoms with Gasteiger partial charge in [-0.15, -0.1) is 0 Å². The SMILES string of the molecule is C=Cc1ccccc1N(C)C(=O)C1=C(C)C=CCC=C1. The van der Waals surface area contributed by atoms with E-state index < -0.39 is 0 Å². The van der Waals surface area contributed by atoms with Crippen LogP contribution in [0.1, 0.15) is 18.9 Å². The number of carbonyl (C=O) groups excluding carboxylic acids is 1. The lowest BCUT2D eigenvalue weighted by atomic mass is 10.1. The molecule has 0 fully saturated rings. The predicted molar refractivity (Wildman–Crippen MR) is 85.5 cm³/mol. The first-order valence-corrected chi connectivity index (χ1v) is 6.68. The van der Waals surface area contributed by atoms with E-state index in [0.29, 0.717) is 0 Å². The van der Waals surface area contributed by atoms with E-state index in [-0.39, 0.29) is 5.91 Å². The number of hydrogen-bond acceptors (Lipinski definition) is 1. The lowest BCUT2D eigenvalue weighted by Crippen LogP contribution is -2.28. The van der Waals surface area contributed by atoms with Gasteiger partial charge in [0.1, 0.15) is 0 Å². The van der Waals surface area contributed by atoms with Crippen LogP contribution < -0.4 is 4.90 Å². The van der Waals surface area contributed by atoms with Gasteiger partial charge in [-0.1, -0.05) is 55.2 Å². The molecule has 1 amide bonds. The second-order valence-corrected chi connectivity index (χ2v) is 4.76. The normalized spacial score (nSPS) is 14.1. The minimum Gasteiger partial charge on any atom is -0.311 e. The molecule has 0 saturated heterocycles. The van der Waals surface area contributed by atoms with Crippen LogP contribution in [0.2, 0.25) is 0 Å². The maximum absolute atomic E-state index is 12.7. The van der Waals surface area contributed by atoms with Crippen LogP contribution in [-0.4, -0.2) is 13.0 Å². The summed E-state index contributed by atoms with van der Waals surface area (Å²) in [7, 11) is 1.80. The van der Waals surface area contributed by atoms with Crippen molar-refractivity contribution in [3.8, 4) is 0 Å². The third-order valence-corrected chi connectivity index (χ3v) is 3.40. The van der Waals surface area contributed by atoms with Gasteiger partial charge in [-0.3, -0.25) is 4.79 Å². The third-order valence-electron chi connectivity index (χ3n) is 3.40. The van der Waals surface area contributed by atoms with E-state index in [1.54, 1.807) is 18.0 Å². The maximum Gasteiger partial charge on any atom is 0.258 e. The monoisotopic (exact) mass is 265 g/mol. The highest BCUT2D eigenvalue weighted by Gasteiger charge is 2.17. The van der Waals surface area contributed by atoms with E-state index in [1.807, 2.05) is 49.4 Å². The predicted octanol–water partition coefficient (Wildman–Crippen LogP) is 4.13. The van der Waals surface area contributed by atoms with Crippen LogP contribution in [-0.2, 0) is 4.79 Å². The zero-order valence-corrected chi connectivity index (χ0v) is 12.0. The van der Waals surface area contributed by atoms with Crippen LogP contribution in [0.25, 0.3) is 6.08 Å². The third kappa shape index (κ3) is 2.80. The number of hydrogen-bond donors (Lipinski definition) is 0. The molecule has 0 aromatic heterocycles. The van der Waals surface area contributed by atoms with Crippen LogP contribution in [0.4, 0.5) is 5.69 Å². The summed E-state index contributed by atoms with van der Waals surface area (Å²) in [6.45, 7) is 5.77. The Morgan fingerprint density at radius 2 is 1.95 bits per heavy atom. The van der Waals surface area contributed by atoms with Crippen molar-refractivity contribution in [1.29, 1.82) is 0 Å². The number of carbonyl (C=O) groups is 1. The van der Waals surface area contributed by atoms with E-state index in [2.05, 4.69) is 12.7 Å². The van der Waals surface area contributed by atoms with Crippen LogP contribution >= 0.6 is 0 Å². The van der Waals surface area contributed by atoms with Crippen LogP contribution in [0.3, 0.4) is 0 Å². The molecule has 1 aromatic rings. The molecule has 0 atom stereocenters. The molecule has 102 valence electrons. The van der Waals surface area contributed by atoms with Crippen molar-refractivity contribution >= 4 is 17.7 Å². The highest BCUT2D eigenvalue weighted by molar-refractivity contribution is 6.08. The van der Waals surface area contributed by atoms with Gasteiger partial charge in [-0.25, -0.2) is 0 Å². The molecule has 1 aliphatic rings. The lowest BCUT2D eigenvalue weighted by molar-refractivity contribution is -0.114. The zero-order chi connectivity index (χ0) is 14.5. The van der Waals surface area contributed by atoms with Crippen LogP contribution in [0.5, 0.6) is 0 Å². The summed E-state index contributed by atoms with van der Waals surface area (Å²) in [6.07, 6.45) is 10.6. The van der Waals surface area contributed by atoms with Crippen molar-refractivity contribution in [2.24, 2.45) is 0 Å². The average Bonchev–Trinajstić information content (AvgIpc) is 2.70. The Balaban J connectivity index is 2.38. The Labute approximate surface area is 120 Å². The first kappa shape index (κ1) is 14.1. The van der Waals surface area contributed by atoms with Crippen molar-refractivity contribution in [1.82, 2.24) is 0 Å². The highest BCUT2D eigenvalue weighted by atomic mass is 16.2. The standard InChI is InChI=1S/C18H19NO/c1-4-15-11-8-9-13-17(15)19(3)18(20)16-12-7-5-6-10-14(16)2/h4,6-13H,1,5H2,2-3H3. The van der Waals surface area contributed by atoms with Crippen molar-refractivity contribution < 1.29 is 4.79 Å². The Morgan fingerprint density at radius 3 is 2.70 bits per heavy atom. The zero-order valence-electron chi connectivity index (χ0n) is 12.0. The molecule has 2 nitrogen and oxygen atoms in total. The van der Waals surface area contributed by atoms with Gasteiger partial charge in [0.2, 0.25) is 0 Å². The highest BCUT2D eigenvalue weighted by Crippen LogP contribution is 2.23. The van der Waals surface area contributed by atoms with Gasteiger partial charge in [0.15, 0.2) is 0 Å². The second kappa shape index (κ2) is 6.20. The lowest BCUT2D eigenvalue weighted by Gasteiger charge is -2.20. The molecule has 1 aromatic carbocycles. The first-order chi connectivity index (χ1) is 9.65. The van der Waals surface area contributed by atoms with Gasteiger partial charge < -0.3 is 4.90 Å². The molecule has 0 aliphatic heterocycles. The number of anilines is 1. The minimum atomic E-state index is -0.000370. The number of allylic oxidation sites excluding steroid dienone is 4. The summed E-state index contributed by atoms with van der Waals surface area (Å²) in [5.74, 6) is -0.000370. The second-order valence-electron chi connectivity index (χ2n) is 4.76. The number of benzene rings is 1. The molecule has 2 heteroatoms. The number of likely N-dealkylation sites (N-methyl/N-ethyl adjacent to an activating group) is 1. The summed E-state index contributed by atoms with van der Waals surface area (Å²) >= 11 is 0. The van der Waals surface area contributed by atoms with Gasteiger partial charge in [0, 0.05) is 12.6 Å². The molecule has 0 saturated carbocycles. The Hall–Kier alpha value is -2.35. The Bertz CT molecular complexity index is 620. The van der Waals surface area contributed by atoms with Crippen molar-refractivity contribution in [2.45, 2.75) is 13.3 Å². The van der Waals surface area contributed by atoms with Crippen molar-refractivity contribution in [3.63, 3.8) is 0 Å². The summed E-state index contributed by atoms with van der Waals surface area (Å²) in [5, 5.41) is 0. The Morgan fingerprint density at radius 1 is 1.25 bits per heavy atom. The number of amides is 1. The van der Waals surface area contributed by atoms with Gasteiger partial charge >= 0.3 is 0 Å². The molecular formula is C18H19NO. The Kier molecular flexibility index (Phi) is 4.36. The molecule has 1 aliphatic carbocycles. The molecule has 0 heterocycles. The molecule has 2 rings (SSSR count). The molecule has 0 bridgehead atoms. The van der Waals surface area contributed by atoms with E-state index in [1.165, 1.54) is 0 Å². The van der Waals surface area contributed by atoms with Crippen LogP contribution in [0, 0.1) is 0 Å². The van der Waals surface area contributed by atoms with Gasteiger partial charge in [0.25, 0.3) is 5.91 Å². The van der Waals surface area contributed by atoms with Gasteiger partial charge in [-0.05, 0) is 30.5 Å². The quantitative estimate of drug-likeness (QED) is 0.805.